The molecule has 3 heterocycles. The van der Waals surface area contributed by atoms with E-state index in [1.54, 1.807) is 51.1 Å². The van der Waals surface area contributed by atoms with Crippen molar-refractivity contribution in [2.75, 3.05) is 37.6 Å². The van der Waals surface area contributed by atoms with Crippen molar-refractivity contribution in [3.63, 3.8) is 0 Å². The molecule has 1 unspecified atom stereocenters. The highest BCUT2D eigenvalue weighted by Gasteiger charge is 2.30. The van der Waals surface area contributed by atoms with Gasteiger partial charge in [-0.25, -0.2) is 0 Å². The van der Waals surface area contributed by atoms with E-state index < -0.39 is 0 Å². The SMILES string of the molecule is O=C(CCc1ccc2c(c1)N(Cc1ccc(C(=O)N3CC=CC3)cc1)C(=O)CN(C(=O)c1ccc(Cl)cc1)C2)C1CCNC1. The fourth-order valence-electron chi connectivity index (χ4n) is 6.05. The number of anilines is 1. The first-order valence-corrected chi connectivity index (χ1v) is 15.5. The number of hydrogen-bond acceptors (Lipinski definition) is 5. The number of fused-ring (bicyclic) bond motifs is 1. The molecule has 0 spiro atoms. The molecule has 1 atom stereocenters. The fraction of sp³-hybridized carbons (Fsp3) is 0.314. The molecule has 3 aliphatic rings. The van der Waals surface area contributed by atoms with Crippen LogP contribution in [0.3, 0.4) is 0 Å². The van der Waals surface area contributed by atoms with Crippen LogP contribution in [0.25, 0.3) is 0 Å². The van der Waals surface area contributed by atoms with Crippen molar-refractivity contribution in [3.05, 3.63) is 112 Å². The van der Waals surface area contributed by atoms with Gasteiger partial charge in [-0.1, -0.05) is 48.0 Å². The van der Waals surface area contributed by atoms with Crippen LogP contribution in [0.4, 0.5) is 5.69 Å². The van der Waals surface area contributed by atoms with Crippen molar-refractivity contribution in [1.82, 2.24) is 15.1 Å². The molecule has 0 aromatic heterocycles. The Morgan fingerprint density at radius 3 is 2.16 bits per heavy atom. The fourth-order valence-corrected chi connectivity index (χ4v) is 6.18. The molecule has 8 nitrogen and oxygen atoms in total. The predicted molar refractivity (Wildman–Crippen MR) is 170 cm³/mol. The van der Waals surface area contributed by atoms with Crippen LogP contribution in [0, 0.1) is 5.92 Å². The third-order valence-electron chi connectivity index (χ3n) is 8.63. The van der Waals surface area contributed by atoms with Crippen molar-refractivity contribution >= 4 is 40.8 Å². The van der Waals surface area contributed by atoms with Gasteiger partial charge in [0.15, 0.2) is 0 Å². The Bertz CT molecular complexity index is 1590. The molecular formula is C35H35ClN4O4. The van der Waals surface area contributed by atoms with Gasteiger partial charge in [0.25, 0.3) is 11.8 Å². The number of Topliss-reactive ketones (excluding diaryl/α,β-unsaturated/α-hetero) is 1. The van der Waals surface area contributed by atoms with Crippen LogP contribution in [-0.4, -0.2) is 66.0 Å². The molecule has 1 saturated heterocycles. The summed E-state index contributed by atoms with van der Waals surface area (Å²) in [4.78, 5) is 58.0. The number of carbonyl (C=O) groups is 4. The number of aryl methyl sites for hydroxylation is 1. The Labute approximate surface area is 262 Å². The maximum absolute atomic E-state index is 13.9. The summed E-state index contributed by atoms with van der Waals surface area (Å²) in [5.74, 6) is -0.155. The van der Waals surface area contributed by atoms with Gasteiger partial charge in [-0.2, -0.15) is 0 Å². The zero-order valence-electron chi connectivity index (χ0n) is 24.5. The van der Waals surface area contributed by atoms with Gasteiger partial charge in [0.2, 0.25) is 5.91 Å². The first-order valence-electron chi connectivity index (χ1n) is 15.1. The van der Waals surface area contributed by atoms with E-state index >= 15 is 0 Å². The predicted octanol–water partition coefficient (Wildman–Crippen LogP) is 4.65. The van der Waals surface area contributed by atoms with E-state index in [0.717, 1.165) is 41.9 Å². The summed E-state index contributed by atoms with van der Waals surface area (Å²) in [6.45, 7) is 3.29. The molecule has 3 amide bonds. The van der Waals surface area contributed by atoms with Crippen molar-refractivity contribution < 1.29 is 19.2 Å². The van der Waals surface area contributed by atoms with Gasteiger partial charge in [0.05, 0.1) is 6.54 Å². The number of benzene rings is 3. The van der Waals surface area contributed by atoms with Gasteiger partial charge in [0, 0.05) is 60.4 Å². The van der Waals surface area contributed by atoms with Crippen LogP contribution in [0.15, 0.2) is 78.9 Å². The average Bonchev–Trinajstić information content (AvgIpc) is 3.76. The lowest BCUT2D eigenvalue weighted by atomic mass is 9.96. The van der Waals surface area contributed by atoms with Crippen LogP contribution in [0.2, 0.25) is 5.02 Å². The normalized spacial score (nSPS) is 18.0. The van der Waals surface area contributed by atoms with E-state index in [1.165, 1.54) is 0 Å². The highest BCUT2D eigenvalue weighted by Crippen LogP contribution is 2.30. The molecule has 3 aromatic rings. The van der Waals surface area contributed by atoms with Crippen LogP contribution in [0.1, 0.15) is 50.2 Å². The third kappa shape index (κ3) is 6.61. The maximum atomic E-state index is 13.9. The number of nitrogens with zero attached hydrogens (tertiary/aromatic N) is 3. The first kappa shape index (κ1) is 29.8. The minimum absolute atomic E-state index is 0.0262. The minimum atomic E-state index is -0.248. The molecule has 1 fully saturated rings. The van der Waals surface area contributed by atoms with E-state index in [-0.39, 0.29) is 49.1 Å². The molecule has 6 rings (SSSR count). The summed E-state index contributed by atoms with van der Waals surface area (Å²) in [5, 5.41) is 3.79. The van der Waals surface area contributed by atoms with Crippen LogP contribution in [-0.2, 0) is 29.1 Å². The summed E-state index contributed by atoms with van der Waals surface area (Å²) < 4.78 is 0. The Kier molecular flexibility index (Phi) is 8.91. The summed E-state index contributed by atoms with van der Waals surface area (Å²) in [7, 11) is 0. The topological polar surface area (TPSA) is 90.0 Å². The van der Waals surface area contributed by atoms with Gasteiger partial charge in [-0.3, -0.25) is 19.2 Å². The molecule has 0 bridgehead atoms. The van der Waals surface area contributed by atoms with Gasteiger partial charge in [-0.05, 0) is 78.5 Å². The summed E-state index contributed by atoms with van der Waals surface area (Å²) in [6, 6.07) is 20.0. The van der Waals surface area contributed by atoms with E-state index in [4.69, 9.17) is 11.6 Å². The van der Waals surface area contributed by atoms with Crippen LogP contribution in [0.5, 0.6) is 0 Å². The van der Waals surface area contributed by atoms with Crippen LogP contribution >= 0.6 is 11.6 Å². The zero-order chi connectivity index (χ0) is 30.6. The highest BCUT2D eigenvalue weighted by molar-refractivity contribution is 6.30. The molecule has 0 aliphatic carbocycles. The van der Waals surface area contributed by atoms with Crippen molar-refractivity contribution in [2.24, 2.45) is 5.92 Å². The van der Waals surface area contributed by atoms with Crippen molar-refractivity contribution in [1.29, 1.82) is 0 Å². The number of hydrogen-bond donors (Lipinski definition) is 1. The molecule has 1 N–H and O–H groups in total. The quantitative estimate of drug-likeness (QED) is 0.375. The highest BCUT2D eigenvalue weighted by atomic mass is 35.5. The van der Waals surface area contributed by atoms with E-state index in [1.807, 2.05) is 42.5 Å². The summed E-state index contributed by atoms with van der Waals surface area (Å²) in [6.07, 6.45) is 5.86. The van der Waals surface area contributed by atoms with Gasteiger partial charge in [0.1, 0.15) is 12.3 Å². The lowest BCUT2D eigenvalue weighted by Gasteiger charge is -2.24. The monoisotopic (exact) mass is 610 g/mol. The van der Waals surface area contributed by atoms with E-state index in [9.17, 15) is 19.2 Å². The largest absolute Gasteiger partial charge is 0.331 e. The van der Waals surface area contributed by atoms with Gasteiger partial charge in [-0.15, -0.1) is 0 Å². The van der Waals surface area contributed by atoms with Gasteiger partial charge >= 0.3 is 0 Å². The molecule has 3 aromatic carbocycles. The first-order chi connectivity index (χ1) is 21.4. The molecule has 226 valence electrons. The minimum Gasteiger partial charge on any atom is -0.331 e. The standard InChI is InChI=1S/C35H35ClN4O4/c36-30-12-10-27(11-13-30)35(44)39-22-29-9-3-24(6-14-32(41)28-15-16-37-20-28)19-31(29)40(33(42)23-39)21-25-4-7-26(8-5-25)34(43)38-17-1-2-18-38/h1-5,7-13,19,28,37H,6,14-18,20-23H2. The number of ketones is 1. The Morgan fingerprint density at radius 1 is 0.818 bits per heavy atom. The lowest BCUT2D eigenvalue weighted by Crippen LogP contribution is -2.39. The summed E-state index contributed by atoms with van der Waals surface area (Å²) in [5.41, 5.74) is 4.48. The summed E-state index contributed by atoms with van der Waals surface area (Å²) >= 11 is 6.04. The van der Waals surface area contributed by atoms with E-state index in [2.05, 4.69) is 5.32 Å². The Morgan fingerprint density at radius 2 is 1.48 bits per heavy atom. The number of carbonyl (C=O) groups excluding carboxylic acids is 4. The second-order valence-electron chi connectivity index (χ2n) is 11.6. The number of rotatable bonds is 8. The second-order valence-corrected chi connectivity index (χ2v) is 12.1. The maximum Gasteiger partial charge on any atom is 0.254 e. The van der Waals surface area contributed by atoms with E-state index in [0.29, 0.717) is 42.1 Å². The average molecular weight is 611 g/mol. The molecule has 9 heteroatoms. The van der Waals surface area contributed by atoms with Crippen molar-refractivity contribution in [3.8, 4) is 0 Å². The van der Waals surface area contributed by atoms with Crippen LogP contribution < -0.4 is 10.2 Å². The lowest BCUT2D eigenvalue weighted by molar-refractivity contribution is -0.122. The molecule has 3 aliphatic heterocycles. The molecular weight excluding hydrogens is 576 g/mol. The molecule has 0 radical (unpaired) electrons. The Balaban J connectivity index is 1.26. The zero-order valence-corrected chi connectivity index (χ0v) is 25.3. The van der Waals surface area contributed by atoms with Gasteiger partial charge < -0.3 is 20.0 Å². The smallest absolute Gasteiger partial charge is 0.254 e. The third-order valence-corrected chi connectivity index (χ3v) is 8.88. The second kappa shape index (κ2) is 13.2. The molecule has 44 heavy (non-hydrogen) atoms. The molecule has 0 saturated carbocycles. The van der Waals surface area contributed by atoms with Crippen molar-refractivity contribution in [2.45, 2.75) is 32.4 Å². The Hall–Kier alpha value is -4.27. The number of amides is 3. The number of nitrogens with one attached hydrogen (secondary N) is 1. The number of halogens is 1.